The standard InChI is InChI=1S/C15H12BrFN4O2/c16-10-4-5-12(11(17)7-10)23-9-15(22)18-8-14-20-19-13-3-1-2-6-21(13)14/h1-7H,8-9H2,(H,18,22). The third-order valence-electron chi connectivity index (χ3n) is 3.08. The molecule has 0 radical (unpaired) electrons. The van der Waals surface area contributed by atoms with Gasteiger partial charge in [0, 0.05) is 10.7 Å². The van der Waals surface area contributed by atoms with Crippen molar-refractivity contribution in [1.29, 1.82) is 0 Å². The summed E-state index contributed by atoms with van der Waals surface area (Å²) in [6, 6.07) is 9.89. The number of halogens is 2. The van der Waals surface area contributed by atoms with Crippen molar-refractivity contribution < 1.29 is 13.9 Å². The Labute approximate surface area is 139 Å². The molecule has 0 bridgehead atoms. The zero-order valence-electron chi connectivity index (χ0n) is 11.9. The maximum atomic E-state index is 13.6. The zero-order valence-corrected chi connectivity index (χ0v) is 13.5. The number of carbonyl (C=O) groups is 1. The molecule has 2 heterocycles. The van der Waals surface area contributed by atoms with E-state index in [0.717, 1.165) is 0 Å². The summed E-state index contributed by atoms with van der Waals surface area (Å²) >= 11 is 3.15. The molecule has 0 aliphatic carbocycles. The molecule has 3 aromatic rings. The fraction of sp³-hybridized carbons (Fsp3) is 0.133. The number of fused-ring (bicyclic) bond motifs is 1. The molecule has 1 aromatic carbocycles. The maximum absolute atomic E-state index is 13.6. The van der Waals surface area contributed by atoms with Crippen molar-refractivity contribution >= 4 is 27.5 Å². The monoisotopic (exact) mass is 378 g/mol. The van der Waals surface area contributed by atoms with Crippen LogP contribution in [0.25, 0.3) is 5.65 Å². The SMILES string of the molecule is O=C(COc1ccc(Br)cc1F)NCc1nnc2ccccn12. The molecule has 0 saturated heterocycles. The van der Waals surface area contributed by atoms with E-state index in [1.165, 1.54) is 12.1 Å². The summed E-state index contributed by atoms with van der Waals surface area (Å²) in [5.74, 6) is -0.282. The van der Waals surface area contributed by atoms with Gasteiger partial charge < -0.3 is 10.1 Å². The zero-order chi connectivity index (χ0) is 16.2. The lowest BCUT2D eigenvalue weighted by atomic mass is 10.3. The Bertz CT molecular complexity index is 852. The molecule has 0 unspecified atom stereocenters. The molecule has 118 valence electrons. The van der Waals surface area contributed by atoms with Gasteiger partial charge in [-0.25, -0.2) is 4.39 Å². The molecular formula is C15H12BrFN4O2. The van der Waals surface area contributed by atoms with Gasteiger partial charge in [-0.3, -0.25) is 9.20 Å². The van der Waals surface area contributed by atoms with E-state index in [1.54, 1.807) is 10.5 Å². The number of aromatic nitrogens is 3. The first-order valence-corrected chi connectivity index (χ1v) is 7.56. The Hall–Kier alpha value is -2.48. The van der Waals surface area contributed by atoms with Crippen molar-refractivity contribution in [1.82, 2.24) is 19.9 Å². The van der Waals surface area contributed by atoms with Crippen molar-refractivity contribution in [3.8, 4) is 5.75 Å². The molecule has 0 saturated carbocycles. The number of rotatable bonds is 5. The summed E-state index contributed by atoms with van der Waals surface area (Å²) in [4.78, 5) is 11.8. The van der Waals surface area contributed by atoms with E-state index < -0.39 is 5.82 Å². The number of nitrogens with one attached hydrogen (secondary N) is 1. The van der Waals surface area contributed by atoms with Gasteiger partial charge in [-0.2, -0.15) is 0 Å². The van der Waals surface area contributed by atoms with Gasteiger partial charge in [0.1, 0.15) is 0 Å². The molecule has 1 N–H and O–H groups in total. The molecule has 3 rings (SSSR count). The predicted molar refractivity (Wildman–Crippen MR) is 84.4 cm³/mol. The topological polar surface area (TPSA) is 68.5 Å². The molecule has 6 nitrogen and oxygen atoms in total. The van der Waals surface area contributed by atoms with E-state index in [2.05, 4.69) is 31.4 Å². The van der Waals surface area contributed by atoms with E-state index in [-0.39, 0.29) is 24.8 Å². The number of benzene rings is 1. The van der Waals surface area contributed by atoms with Gasteiger partial charge in [0.05, 0.1) is 6.54 Å². The van der Waals surface area contributed by atoms with Gasteiger partial charge in [0.2, 0.25) is 0 Å². The average molecular weight is 379 g/mol. The molecule has 23 heavy (non-hydrogen) atoms. The first kappa shape index (κ1) is 15.4. The second kappa shape index (κ2) is 6.74. The van der Waals surface area contributed by atoms with Crippen LogP contribution in [-0.4, -0.2) is 27.1 Å². The van der Waals surface area contributed by atoms with Crippen molar-refractivity contribution in [3.63, 3.8) is 0 Å². The second-order valence-corrected chi connectivity index (χ2v) is 5.60. The Kier molecular flexibility index (Phi) is 4.52. The van der Waals surface area contributed by atoms with Crippen LogP contribution >= 0.6 is 15.9 Å². The van der Waals surface area contributed by atoms with Crippen LogP contribution < -0.4 is 10.1 Å². The van der Waals surface area contributed by atoms with Gasteiger partial charge in [0.15, 0.2) is 29.6 Å². The van der Waals surface area contributed by atoms with Gasteiger partial charge >= 0.3 is 0 Å². The molecule has 0 spiro atoms. The fourth-order valence-electron chi connectivity index (χ4n) is 1.98. The lowest BCUT2D eigenvalue weighted by Crippen LogP contribution is -2.29. The van der Waals surface area contributed by atoms with E-state index in [1.807, 2.05) is 24.4 Å². The van der Waals surface area contributed by atoms with Crippen molar-refractivity contribution in [2.45, 2.75) is 6.54 Å². The van der Waals surface area contributed by atoms with Crippen LogP contribution in [0.5, 0.6) is 5.75 Å². The van der Waals surface area contributed by atoms with Gasteiger partial charge in [-0.15, -0.1) is 10.2 Å². The van der Waals surface area contributed by atoms with E-state index in [4.69, 9.17) is 4.74 Å². The lowest BCUT2D eigenvalue weighted by Gasteiger charge is -2.08. The van der Waals surface area contributed by atoms with Crippen LogP contribution in [0.15, 0.2) is 47.1 Å². The molecule has 0 atom stereocenters. The van der Waals surface area contributed by atoms with Crippen LogP contribution in [0, 0.1) is 5.82 Å². The summed E-state index contributed by atoms with van der Waals surface area (Å²) in [6.07, 6.45) is 1.81. The lowest BCUT2D eigenvalue weighted by molar-refractivity contribution is -0.123. The van der Waals surface area contributed by atoms with Crippen LogP contribution in [0.4, 0.5) is 4.39 Å². The van der Waals surface area contributed by atoms with E-state index in [9.17, 15) is 9.18 Å². The Morgan fingerprint density at radius 2 is 2.17 bits per heavy atom. The highest BCUT2D eigenvalue weighted by molar-refractivity contribution is 9.10. The molecule has 0 aliphatic heterocycles. The predicted octanol–water partition coefficient (Wildman–Crippen LogP) is 2.33. The number of ether oxygens (including phenoxy) is 1. The smallest absolute Gasteiger partial charge is 0.258 e. The quantitative estimate of drug-likeness (QED) is 0.739. The highest BCUT2D eigenvalue weighted by atomic mass is 79.9. The molecule has 1 amide bonds. The third kappa shape index (κ3) is 3.65. The van der Waals surface area contributed by atoms with Gasteiger partial charge in [0.25, 0.3) is 5.91 Å². The fourth-order valence-corrected chi connectivity index (χ4v) is 2.31. The Morgan fingerprint density at radius 3 is 3.00 bits per heavy atom. The summed E-state index contributed by atoms with van der Waals surface area (Å²) < 4.78 is 21.1. The Morgan fingerprint density at radius 1 is 1.30 bits per heavy atom. The number of amides is 1. The van der Waals surface area contributed by atoms with Gasteiger partial charge in [-0.05, 0) is 30.3 Å². The Balaban J connectivity index is 1.55. The number of carbonyl (C=O) groups excluding carboxylic acids is 1. The molecular weight excluding hydrogens is 367 g/mol. The van der Waals surface area contributed by atoms with Crippen LogP contribution in [0.2, 0.25) is 0 Å². The number of nitrogens with zero attached hydrogens (tertiary/aromatic N) is 3. The third-order valence-corrected chi connectivity index (χ3v) is 3.57. The van der Waals surface area contributed by atoms with Crippen molar-refractivity contribution in [3.05, 3.63) is 58.7 Å². The largest absolute Gasteiger partial charge is 0.481 e. The normalized spacial score (nSPS) is 10.7. The highest BCUT2D eigenvalue weighted by Crippen LogP contribution is 2.21. The average Bonchev–Trinajstić information content (AvgIpc) is 2.95. The summed E-state index contributed by atoms with van der Waals surface area (Å²) in [7, 11) is 0. The number of hydrogen-bond acceptors (Lipinski definition) is 4. The molecule has 0 aliphatic rings. The highest BCUT2D eigenvalue weighted by Gasteiger charge is 2.09. The van der Waals surface area contributed by atoms with Crippen LogP contribution in [0.1, 0.15) is 5.82 Å². The van der Waals surface area contributed by atoms with Crippen LogP contribution in [0.3, 0.4) is 0 Å². The minimum atomic E-state index is -0.532. The van der Waals surface area contributed by atoms with E-state index >= 15 is 0 Å². The summed E-state index contributed by atoms with van der Waals surface area (Å²) in [6.45, 7) is -0.0779. The van der Waals surface area contributed by atoms with E-state index in [0.29, 0.717) is 15.9 Å². The molecule has 8 heteroatoms. The first-order chi connectivity index (χ1) is 11.1. The van der Waals surface area contributed by atoms with Crippen molar-refractivity contribution in [2.24, 2.45) is 0 Å². The first-order valence-electron chi connectivity index (χ1n) is 6.76. The number of hydrogen-bond donors (Lipinski definition) is 1. The molecule has 0 fully saturated rings. The summed E-state index contributed by atoms with van der Waals surface area (Å²) in [5.41, 5.74) is 0.699. The second-order valence-electron chi connectivity index (χ2n) is 4.69. The van der Waals surface area contributed by atoms with Gasteiger partial charge in [-0.1, -0.05) is 22.0 Å². The van der Waals surface area contributed by atoms with Crippen LogP contribution in [-0.2, 0) is 11.3 Å². The summed E-state index contributed by atoms with van der Waals surface area (Å²) in [5, 5.41) is 10.6. The molecule has 2 aromatic heterocycles. The minimum Gasteiger partial charge on any atom is -0.481 e. The van der Waals surface area contributed by atoms with Crippen molar-refractivity contribution in [2.75, 3.05) is 6.61 Å². The number of pyridine rings is 1. The maximum Gasteiger partial charge on any atom is 0.258 e. The minimum absolute atomic E-state index is 0.0243.